The molecule has 1 atom stereocenters. The number of rotatable bonds is 7. The summed E-state index contributed by atoms with van der Waals surface area (Å²) >= 11 is 0. The predicted octanol–water partition coefficient (Wildman–Crippen LogP) is 3.21. The van der Waals surface area contributed by atoms with Crippen LogP contribution in [0.25, 0.3) is 5.76 Å². The van der Waals surface area contributed by atoms with Crippen LogP contribution in [0.1, 0.15) is 23.6 Å². The van der Waals surface area contributed by atoms with Gasteiger partial charge in [0.05, 0.1) is 11.6 Å². The average molecular weight is 394 g/mol. The Kier molecular flexibility index (Phi) is 6.34. The number of aliphatic hydroxyl groups excluding tert-OH is 1. The van der Waals surface area contributed by atoms with Gasteiger partial charge in [0, 0.05) is 45.6 Å². The number of carbonyl (C=O) groups excluding carboxylic acids is 2. The van der Waals surface area contributed by atoms with Gasteiger partial charge in [0.25, 0.3) is 11.7 Å². The second-order valence-corrected chi connectivity index (χ2v) is 7.19. The zero-order chi connectivity index (χ0) is 21.0. The molecule has 0 saturated carbocycles. The van der Waals surface area contributed by atoms with Crippen molar-refractivity contribution in [3.05, 3.63) is 71.3 Å². The van der Waals surface area contributed by atoms with E-state index in [0.717, 1.165) is 11.3 Å². The van der Waals surface area contributed by atoms with E-state index in [2.05, 4.69) is 0 Å². The summed E-state index contributed by atoms with van der Waals surface area (Å²) in [5.74, 6) is -1.41. The molecule has 0 radical (unpaired) electrons. The fourth-order valence-electron chi connectivity index (χ4n) is 3.54. The highest BCUT2D eigenvalue weighted by Crippen LogP contribution is 2.39. The van der Waals surface area contributed by atoms with Crippen LogP contribution in [0.2, 0.25) is 0 Å². The van der Waals surface area contributed by atoms with Gasteiger partial charge in [-0.05, 0) is 24.1 Å². The normalized spacial score (nSPS) is 18.3. The lowest BCUT2D eigenvalue weighted by molar-refractivity contribution is -0.140. The van der Waals surface area contributed by atoms with Crippen LogP contribution >= 0.6 is 0 Å². The highest BCUT2D eigenvalue weighted by molar-refractivity contribution is 6.46. The number of ether oxygens (including phenoxy) is 1. The maximum absolute atomic E-state index is 12.9. The molecular weight excluding hydrogens is 368 g/mol. The summed E-state index contributed by atoms with van der Waals surface area (Å²) in [4.78, 5) is 29.2. The summed E-state index contributed by atoms with van der Waals surface area (Å²) in [7, 11) is 5.49. The number of benzene rings is 2. The van der Waals surface area contributed by atoms with E-state index in [1.165, 1.54) is 4.90 Å². The zero-order valence-corrected chi connectivity index (χ0v) is 17.0. The molecule has 0 bridgehead atoms. The minimum atomic E-state index is -0.662. The SMILES string of the molecule is COCCCN1C(=O)C(=O)/C(=C(\O)c2ccccc2)C1c1ccc(N(C)C)cc1. The third-order valence-electron chi connectivity index (χ3n) is 5.06. The molecule has 1 amide bonds. The molecule has 1 N–H and O–H groups in total. The maximum atomic E-state index is 12.9. The zero-order valence-electron chi connectivity index (χ0n) is 17.0. The van der Waals surface area contributed by atoms with Crippen molar-refractivity contribution < 1.29 is 19.4 Å². The van der Waals surface area contributed by atoms with E-state index in [-0.39, 0.29) is 11.3 Å². The van der Waals surface area contributed by atoms with Crippen molar-refractivity contribution in [2.75, 3.05) is 39.3 Å². The van der Waals surface area contributed by atoms with Crippen LogP contribution in [0.5, 0.6) is 0 Å². The Balaban J connectivity index is 2.09. The number of nitrogens with zero attached hydrogens (tertiary/aromatic N) is 2. The van der Waals surface area contributed by atoms with Gasteiger partial charge in [-0.25, -0.2) is 0 Å². The summed E-state index contributed by atoms with van der Waals surface area (Å²) in [5, 5.41) is 10.9. The van der Waals surface area contributed by atoms with E-state index in [1.54, 1.807) is 31.4 Å². The second kappa shape index (κ2) is 8.92. The fourth-order valence-corrected chi connectivity index (χ4v) is 3.54. The Morgan fingerprint density at radius 3 is 2.31 bits per heavy atom. The Morgan fingerprint density at radius 2 is 1.72 bits per heavy atom. The highest BCUT2D eigenvalue weighted by atomic mass is 16.5. The van der Waals surface area contributed by atoms with Crippen molar-refractivity contribution >= 4 is 23.1 Å². The number of ketones is 1. The van der Waals surface area contributed by atoms with Crippen molar-refractivity contribution in [1.29, 1.82) is 0 Å². The maximum Gasteiger partial charge on any atom is 0.295 e. The van der Waals surface area contributed by atoms with Crippen molar-refractivity contribution in [3.8, 4) is 0 Å². The molecule has 1 heterocycles. The first-order valence-electron chi connectivity index (χ1n) is 9.55. The second-order valence-electron chi connectivity index (χ2n) is 7.19. The minimum Gasteiger partial charge on any atom is -0.507 e. The van der Waals surface area contributed by atoms with Gasteiger partial charge in [-0.2, -0.15) is 0 Å². The monoisotopic (exact) mass is 394 g/mol. The van der Waals surface area contributed by atoms with Gasteiger partial charge < -0.3 is 19.6 Å². The van der Waals surface area contributed by atoms with Gasteiger partial charge in [0.15, 0.2) is 0 Å². The van der Waals surface area contributed by atoms with E-state index in [9.17, 15) is 14.7 Å². The number of hydrogen-bond donors (Lipinski definition) is 1. The third-order valence-corrected chi connectivity index (χ3v) is 5.06. The van der Waals surface area contributed by atoms with Crippen molar-refractivity contribution in [2.45, 2.75) is 12.5 Å². The first kappa shape index (κ1) is 20.6. The quantitative estimate of drug-likeness (QED) is 0.338. The van der Waals surface area contributed by atoms with Crippen LogP contribution in [-0.4, -0.2) is 56.1 Å². The van der Waals surface area contributed by atoms with Gasteiger partial charge in [-0.1, -0.05) is 42.5 Å². The molecule has 0 aromatic heterocycles. The van der Waals surface area contributed by atoms with E-state index >= 15 is 0 Å². The Bertz CT molecular complexity index is 904. The summed E-state index contributed by atoms with van der Waals surface area (Å²) in [6.07, 6.45) is 0.598. The fraction of sp³-hybridized carbons (Fsp3) is 0.304. The third kappa shape index (κ3) is 4.17. The Labute approximate surface area is 171 Å². The molecule has 1 fully saturated rings. The molecule has 1 unspecified atom stereocenters. The van der Waals surface area contributed by atoms with Crippen LogP contribution < -0.4 is 4.90 Å². The largest absolute Gasteiger partial charge is 0.507 e. The van der Waals surface area contributed by atoms with E-state index in [0.29, 0.717) is 25.1 Å². The van der Waals surface area contributed by atoms with Gasteiger partial charge >= 0.3 is 0 Å². The lowest BCUT2D eigenvalue weighted by atomic mass is 9.95. The summed E-state index contributed by atoms with van der Waals surface area (Å²) < 4.78 is 5.10. The van der Waals surface area contributed by atoms with Gasteiger partial charge in [-0.3, -0.25) is 9.59 Å². The first-order chi connectivity index (χ1) is 14.0. The molecule has 0 spiro atoms. The number of methoxy groups -OCH3 is 1. The van der Waals surface area contributed by atoms with Crippen LogP contribution in [0, 0.1) is 0 Å². The highest BCUT2D eigenvalue weighted by Gasteiger charge is 2.45. The molecule has 1 saturated heterocycles. The molecule has 29 heavy (non-hydrogen) atoms. The van der Waals surface area contributed by atoms with Crippen LogP contribution in [0.4, 0.5) is 5.69 Å². The average Bonchev–Trinajstić information content (AvgIpc) is 2.99. The van der Waals surface area contributed by atoms with Crippen LogP contribution in [0.15, 0.2) is 60.2 Å². The smallest absolute Gasteiger partial charge is 0.295 e. The Hall–Kier alpha value is -3.12. The minimum absolute atomic E-state index is 0.121. The molecular formula is C23H26N2O4. The van der Waals surface area contributed by atoms with Crippen LogP contribution in [-0.2, 0) is 14.3 Å². The standard InChI is InChI=1S/C23H26N2O4/c1-24(2)18-12-10-16(11-13-18)20-19(21(26)17-8-5-4-6-9-17)22(27)23(28)25(20)14-7-15-29-3/h4-6,8-13,20,26H,7,14-15H2,1-3H3/b21-19-. The van der Waals surface area contributed by atoms with Crippen molar-refractivity contribution in [3.63, 3.8) is 0 Å². The molecule has 6 nitrogen and oxygen atoms in total. The van der Waals surface area contributed by atoms with E-state index in [1.807, 2.05) is 49.3 Å². The number of aliphatic hydroxyl groups is 1. The number of carbonyl (C=O) groups is 2. The molecule has 3 rings (SSSR count). The summed E-state index contributed by atoms with van der Waals surface area (Å²) in [6.45, 7) is 0.845. The summed E-state index contributed by atoms with van der Waals surface area (Å²) in [6, 6.07) is 15.9. The number of likely N-dealkylation sites (tertiary alicyclic amines) is 1. The number of anilines is 1. The molecule has 1 aliphatic rings. The lowest BCUT2D eigenvalue weighted by Crippen LogP contribution is -2.31. The molecule has 152 valence electrons. The van der Waals surface area contributed by atoms with E-state index in [4.69, 9.17) is 4.74 Å². The lowest BCUT2D eigenvalue weighted by Gasteiger charge is -2.26. The first-order valence-corrected chi connectivity index (χ1v) is 9.55. The van der Waals surface area contributed by atoms with Gasteiger partial charge in [-0.15, -0.1) is 0 Å². The number of Topliss-reactive ketones (excluding diaryl/α,β-unsaturated/α-hetero) is 1. The number of hydrogen-bond acceptors (Lipinski definition) is 5. The van der Waals surface area contributed by atoms with Crippen LogP contribution in [0.3, 0.4) is 0 Å². The van der Waals surface area contributed by atoms with E-state index < -0.39 is 17.7 Å². The molecule has 6 heteroatoms. The topological polar surface area (TPSA) is 70.1 Å². The molecule has 2 aromatic carbocycles. The van der Waals surface area contributed by atoms with Crippen molar-refractivity contribution in [2.24, 2.45) is 0 Å². The summed E-state index contributed by atoms with van der Waals surface area (Å²) in [5.41, 5.74) is 2.42. The van der Waals surface area contributed by atoms with Gasteiger partial charge in [0.1, 0.15) is 5.76 Å². The number of amides is 1. The Morgan fingerprint density at radius 1 is 1.07 bits per heavy atom. The predicted molar refractivity (Wildman–Crippen MR) is 113 cm³/mol. The van der Waals surface area contributed by atoms with Crippen molar-refractivity contribution in [1.82, 2.24) is 4.90 Å². The van der Waals surface area contributed by atoms with Gasteiger partial charge in [0.2, 0.25) is 0 Å². The molecule has 2 aromatic rings. The molecule has 1 aliphatic heterocycles. The molecule has 0 aliphatic carbocycles.